The van der Waals surface area contributed by atoms with E-state index in [0.717, 1.165) is 21.5 Å². The van der Waals surface area contributed by atoms with Crippen molar-refractivity contribution in [3.63, 3.8) is 0 Å². The molecule has 0 aromatic heterocycles. The van der Waals surface area contributed by atoms with Gasteiger partial charge in [-0.15, -0.1) is 0 Å². The highest BCUT2D eigenvalue weighted by Crippen LogP contribution is 2.23. The molecule has 2 N–H and O–H groups in total. The summed E-state index contributed by atoms with van der Waals surface area (Å²) in [6.45, 7) is 0. The van der Waals surface area contributed by atoms with Gasteiger partial charge in [0.05, 0.1) is 0 Å². The van der Waals surface area contributed by atoms with E-state index in [2.05, 4.69) is 0 Å². The Balaban J connectivity index is 0.000000131. The molecule has 0 unspecified atom stereocenters. The van der Waals surface area contributed by atoms with Crippen LogP contribution in [-0.2, 0) is 0 Å². The summed E-state index contributed by atoms with van der Waals surface area (Å²) in [6, 6.07) is 26.6. The van der Waals surface area contributed by atoms with Crippen LogP contribution in [-0.4, -0.2) is 10.2 Å². The second-order valence-electron chi connectivity index (χ2n) is 5.03. The standard InChI is InChI=1S/2C10H8O/c11-10-7-3-5-8-4-1-2-6-9(8)10;11-10-6-5-8-3-1-2-4-9(8)7-10/h2*1-7,11H. The molecule has 4 rings (SSSR count). The minimum absolute atomic E-state index is 0.323. The summed E-state index contributed by atoms with van der Waals surface area (Å²) in [5, 5.41) is 22.7. The van der Waals surface area contributed by atoms with Crippen LogP contribution in [0.5, 0.6) is 11.5 Å². The van der Waals surface area contributed by atoms with Crippen LogP contribution in [0.25, 0.3) is 21.5 Å². The van der Waals surface area contributed by atoms with Gasteiger partial charge in [-0.05, 0) is 34.4 Å². The van der Waals surface area contributed by atoms with Crippen molar-refractivity contribution < 1.29 is 10.2 Å². The lowest BCUT2D eigenvalue weighted by molar-refractivity contribution is 0.476. The van der Waals surface area contributed by atoms with Gasteiger partial charge in [0, 0.05) is 5.39 Å². The molecule has 0 aliphatic heterocycles. The molecule has 0 heterocycles. The van der Waals surface area contributed by atoms with Gasteiger partial charge in [-0.25, -0.2) is 0 Å². The topological polar surface area (TPSA) is 40.5 Å². The molecule has 0 spiro atoms. The molecular formula is C20H16O2. The SMILES string of the molecule is Oc1ccc2ccccc2c1.Oc1cccc2ccccc12. The van der Waals surface area contributed by atoms with Gasteiger partial charge in [-0.1, -0.05) is 66.7 Å². The van der Waals surface area contributed by atoms with E-state index in [1.165, 1.54) is 0 Å². The molecule has 4 aromatic rings. The van der Waals surface area contributed by atoms with E-state index in [1.807, 2.05) is 66.7 Å². The molecular weight excluding hydrogens is 272 g/mol. The van der Waals surface area contributed by atoms with Crippen LogP contribution in [0, 0.1) is 0 Å². The summed E-state index contributed by atoms with van der Waals surface area (Å²) in [5.74, 6) is 0.673. The highest BCUT2D eigenvalue weighted by molar-refractivity contribution is 5.87. The molecule has 108 valence electrons. The molecule has 0 saturated carbocycles. The normalized spacial score (nSPS) is 10.2. The van der Waals surface area contributed by atoms with E-state index in [-0.39, 0.29) is 0 Å². The fraction of sp³-hybridized carbons (Fsp3) is 0. The van der Waals surface area contributed by atoms with Gasteiger partial charge in [0.15, 0.2) is 0 Å². The Bertz CT molecular complexity index is 902. The molecule has 0 bridgehead atoms. The lowest BCUT2D eigenvalue weighted by Gasteiger charge is -1.97. The van der Waals surface area contributed by atoms with Crippen molar-refractivity contribution in [2.75, 3.05) is 0 Å². The Morgan fingerprint density at radius 2 is 1.14 bits per heavy atom. The summed E-state index contributed by atoms with van der Waals surface area (Å²) in [4.78, 5) is 0. The van der Waals surface area contributed by atoms with Crippen LogP contribution in [0.4, 0.5) is 0 Å². The van der Waals surface area contributed by atoms with E-state index in [1.54, 1.807) is 18.2 Å². The number of phenolic OH excluding ortho intramolecular Hbond substituents is 2. The maximum atomic E-state index is 9.37. The minimum Gasteiger partial charge on any atom is -0.508 e. The first-order chi connectivity index (χ1) is 10.7. The van der Waals surface area contributed by atoms with Crippen LogP contribution in [0.1, 0.15) is 0 Å². The second-order valence-corrected chi connectivity index (χ2v) is 5.03. The van der Waals surface area contributed by atoms with Gasteiger partial charge in [0.25, 0.3) is 0 Å². The molecule has 0 aliphatic carbocycles. The Morgan fingerprint density at radius 1 is 0.500 bits per heavy atom. The van der Waals surface area contributed by atoms with Crippen LogP contribution in [0.15, 0.2) is 84.9 Å². The number of rotatable bonds is 0. The van der Waals surface area contributed by atoms with Crippen molar-refractivity contribution in [1.82, 2.24) is 0 Å². The summed E-state index contributed by atoms with van der Waals surface area (Å²) >= 11 is 0. The molecule has 0 atom stereocenters. The minimum atomic E-state index is 0.323. The highest BCUT2D eigenvalue weighted by atomic mass is 16.3. The fourth-order valence-electron chi connectivity index (χ4n) is 2.39. The first-order valence-electron chi connectivity index (χ1n) is 7.08. The molecule has 0 radical (unpaired) electrons. The van der Waals surface area contributed by atoms with Gasteiger partial charge in [-0.3, -0.25) is 0 Å². The zero-order valence-electron chi connectivity index (χ0n) is 12.0. The van der Waals surface area contributed by atoms with Crippen LogP contribution >= 0.6 is 0 Å². The highest BCUT2D eigenvalue weighted by Gasteiger charge is 1.94. The lowest BCUT2D eigenvalue weighted by Crippen LogP contribution is -1.70. The summed E-state index contributed by atoms with van der Waals surface area (Å²) < 4.78 is 0. The van der Waals surface area contributed by atoms with E-state index < -0.39 is 0 Å². The Kier molecular flexibility index (Phi) is 3.92. The number of hydrogen-bond acceptors (Lipinski definition) is 2. The maximum absolute atomic E-state index is 9.37. The van der Waals surface area contributed by atoms with Gasteiger partial charge in [0.2, 0.25) is 0 Å². The summed E-state index contributed by atoms with van der Waals surface area (Å²) in [5.41, 5.74) is 0. The summed E-state index contributed by atoms with van der Waals surface area (Å²) in [7, 11) is 0. The quantitative estimate of drug-likeness (QED) is 0.473. The van der Waals surface area contributed by atoms with E-state index in [9.17, 15) is 5.11 Å². The second kappa shape index (κ2) is 6.19. The maximum Gasteiger partial charge on any atom is 0.123 e. The average Bonchev–Trinajstić information content (AvgIpc) is 2.56. The zero-order chi connectivity index (χ0) is 15.4. The van der Waals surface area contributed by atoms with Gasteiger partial charge >= 0.3 is 0 Å². The number of aromatic hydroxyl groups is 2. The van der Waals surface area contributed by atoms with Crippen LogP contribution < -0.4 is 0 Å². The number of benzene rings is 4. The molecule has 22 heavy (non-hydrogen) atoms. The predicted molar refractivity (Wildman–Crippen MR) is 91.2 cm³/mol. The first-order valence-corrected chi connectivity index (χ1v) is 7.08. The van der Waals surface area contributed by atoms with Crippen molar-refractivity contribution in [2.45, 2.75) is 0 Å². The van der Waals surface area contributed by atoms with Crippen molar-refractivity contribution in [3.8, 4) is 11.5 Å². The summed E-state index contributed by atoms with van der Waals surface area (Å²) in [6.07, 6.45) is 0. The smallest absolute Gasteiger partial charge is 0.123 e. The molecule has 0 amide bonds. The van der Waals surface area contributed by atoms with Crippen molar-refractivity contribution in [3.05, 3.63) is 84.9 Å². The van der Waals surface area contributed by atoms with Crippen molar-refractivity contribution >= 4 is 21.5 Å². The number of fused-ring (bicyclic) bond motifs is 2. The molecule has 0 fully saturated rings. The van der Waals surface area contributed by atoms with Gasteiger partial charge < -0.3 is 10.2 Å². The van der Waals surface area contributed by atoms with Crippen molar-refractivity contribution in [2.24, 2.45) is 0 Å². The Hall–Kier alpha value is -3.00. The molecule has 2 heteroatoms. The molecule has 0 saturated heterocycles. The van der Waals surface area contributed by atoms with E-state index in [4.69, 9.17) is 5.11 Å². The van der Waals surface area contributed by atoms with E-state index >= 15 is 0 Å². The van der Waals surface area contributed by atoms with Gasteiger partial charge in [0.1, 0.15) is 11.5 Å². The third kappa shape index (κ3) is 3.01. The molecule has 0 aliphatic rings. The fourth-order valence-corrected chi connectivity index (χ4v) is 2.39. The number of hydrogen-bond donors (Lipinski definition) is 2. The lowest BCUT2D eigenvalue weighted by atomic mass is 10.1. The average molecular weight is 288 g/mol. The Morgan fingerprint density at radius 3 is 1.91 bits per heavy atom. The molecule has 2 nitrogen and oxygen atoms in total. The Labute approximate surface area is 128 Å². The largest absolute Gasteiger partial charge is 0.508 e. The zero-order valence-corrected chi connectivity index (χ0v) is 12.0. The van der Waals surface area contributed by atoms with E-state index in [0.29, 0.717) is 11.5 Å². The van der Waals surface area contributed by atoms with Crippen molar-refractivity contribution in [1.29, 1.82) is 0 Å². The van der Waals surface area contributed by atoms with Crippen LogP contribution in [0.2, 0.25) is 0 Å². The molecule has 4 aromatic carbocycles. The van der Waals surface area contributed by atoms with Crippen LogP contribution in [0.3, 0.4) is 0 Å². The number of phenols is 2. The third-order valence-corrected chi connectivity index (χ3v) is 3.50. The third-order valence-electron chi connectivity index (χ3n) is 3.50. The predicted octanol–water partition coefficient (Wildman–Crippen LogP) is 5.09. The first kappa shape index (κ1) is 14.0. The monoisotopic (exact) mass is 288 g/mol. The van der Waals surface area contributed by atoms with Gasteiger partial charge in [-0.2, -0.15) is 0 Å².